The van der Waals surface area contributed by atoms with Gasteiger partial charge in [0, 0.05) is 31.2 Å². The number of nitrogens with one attached hydrogen (secondary N) is 1. The largest absolute Gasteiger partial charge is 0.381 e. The van der Waals surface area contributed by atoms with Gasteiger partial charge in [-0.05, 0) is 30.5 Å². The van der Waals surface area contributed by atoms with E-state index in [2.05, 4.69) is 5.32 Å². The zero-order valence-corrected chi connectivity index (χ0v) is 12.3. The summed E-state index contributed by atoms with van der Waals surface area (Å²) in [6.07, 6.45) is 1.88. The monoisotopic (exact) mass is 307 g/mol. The van der Waals surface area contributed by atoms with Crippen LogP contribution in [-0.4, -0.2) is 24.6 Å². The van der Waals surface area contributed by atoms with Crippen LogP contribution in [0, 0.1) is 0 Å². The van der Waals surface area contributed by atoms with Gasteiger partial charge in [0.1, 0.15) is 0 Å². The standard InChI is InChI=1S/C13H16Cl3NO/c14-9-13(3-5-18-6-4-13)17-8-10-1-2-11(15)12(16)7-10/h1-2,7,17H,3-6,8-9H2. The first-order chi connectivity index (χ1) is 8.65. The van der Waals surface area contributed by atoms with Gasteiger partial charge in [-0.15, -0.1) is 11.6 Å². The highest BCUT2D eigenvalue weighted by molar-refractivity contribution is 6.42. The second-order valence-electron chi connectivity index (χ2n) is 4.63. The fourth-order valence-electron chi connectivity index (χ4n) is 2.06. The molecule has 0 unspecified atom stereocenters. The predicted octanol–water partition coefficient (Wildman–Crippen LogP) is 3.87. The summed E-state index contributed by atoms with van der Waals surface area (Å²) >= 11 is 18.0. The molecule has 0 saturated carbocycles. The van der Waals surface area contributed by atoms with E-state index in [1.54, 1.807) is 0 Å². The molecular weight excluding hydrogens is 293 g/mol. The fraction of sp³-hybridized carbons (Fsp3) is 0.538. The van der Waals surface area contributed by atoms with Crippen molar-refractivity contribution in [2.45, 2.75) is 24.9 Å². The highest BCUT2D eigenvalue weighted by atomic mass is 35.5. The number of alkyl halides is 1. The van der Waals surface area contributed by atoms with Crippen LogP contribution in [0.25, 0.3) is 0 Å². The highest BCUT2D eigenvalue weighted by Gasteiger charge is 2.30. The van der Waals surface area contributed by atoms with Gasteiger partial charge >= 0.3 is 0 Å². The van der Waals surface area contributed by atoms with E-state index in [-0.39, 0.29) is 5.54 Å². The molecule has 1 aromatic carbocycles. The average Bonchev–Trinajstić information content (AvgIpc) is 2.41. The van der Waals surface area contributed by atoms with Crippen LogP contribution in [0.1, 0.15) is 18.4 Å². The van der Waals surface area contributed by atoms with Crippen molar-refractivity contribution in [3.63, 3.8) is 0 Å². The van der Waals surface area contributed by atoms with E-state index in [4.69, 9.17) is 39.5 Å². The molecule has 2 rings (SSSR count). The van der Waals surface area contributed by atoms with Crippen molar-refractivity contribution in [1.29, 1.82) is 0 Å². The molecule has 1 aromatic rings. The molecule has 0 aromatic heterocycles. The number of hydrogen-bond acceptors (Lipinski definition) is 2. The van der Waals surface area contributed by atoms with E-state index >= 15 is 0 Å². The molecule has 1 aliphatic heterocycles. The summed E-state index contributed by atoms with van der Waals surface area (Å²) in [5.41, 5.74) is 1.09. The minimum Gasteiger partial charge on any atom is -0.381 e. The first-order valence-corrected chi connectivity index (χ1v) is 7.27. The Morgan fingerprint density at radius 2 is 1.89 bits per heavy atom. The Hall–Kier alpha value is 0.01000. The minimum atomic E-state index is -0.0219. The molecule has 5 heteroatoms. The number of ether oxygens (including phenoxy) is 1. The predicted molar refractivity (Wildman–Crippen MR) is 76.8 cm³/mol. The van der Waals surface area contributed by atoms with Gasteiger partial charge in [-0.25, -0.2) is 0 Å². The van der Waals surface area contributed by atoms with Gasteiger partial charge in [-0.1, -0.05) is 29.3 Å². The van der Waals surface area contributed by atoms with Gasteiger partial charge in [0.15, 0.2) is 0 Å². The lowest BCUT2D eigenvalue weighted by molar-refractivity contribution is 0.0459. The Morgan fingerprint density at radius 3 is 2.50 bits per heavy atom. The van der Waals surface area contributed by atoms with Crippen molar-refractivity contribution in [2.24, 2.45) is 0 Å². The summed E-state index contributed by atoms with van der Waals surface area (Å²) in [5.74, 6) is 0.595. The summed E-state index contributed by atoms with van der Waals surface area (Å²) in [5, 5.41) is 4.70. The summed E-state index contributed by atoms with van der Waals surface area (Å²) in [6.45, 7) is 2.27. The van der Waals surface area contributed by atoms with Crippen molar-refractivity contribution in [3.8, 4) is 0 Å². The topological polar surface area (TPSA) is 21.3 Å². The van der Waals surface area contributed by atoms with Crippen LogP contribution >= 0.6 is 34.8 Å². The van der Waals surface area contributed by atoms with Gasteiger partial charge < -0.3 is 10.1 Å². The zero-order chi connectivity index (χ0) is 13.0. The van der Waals surface area contributed by atoms with E-state index in [0.29, 0.717) is 15.9 Å². The van der Waals surface area contributed by atoms with Gasteiger partial charge in [-0.2, -0.15) is 0 Å². The maximum atomic E-state index is 6.09. The Kier molecular flexibility index (Phi) is 5.16. The third kappa shape index (κ3) is 3.52. The molecule has 0 radical (unpaired) electrons. The van der Waals surface area contributed by atoms with Gasteiger partial charge in [0.05, 0.1) is 10.0 Å². The van der Waals surface area contributed by atoms with Gasteiger partial charge in [-0.3, -0.25) is 0 Å². The van der Waals surface area contributed by atoms with E-state index in [9.17, 15) is 0 Å². The molecule has 0 spiro atoms. The molecule has 0 atom stereocenters. The second kappa shape index (κ2) is 6.44. The second-order valence-corrected chi connectivity index (χ2v) is 5.71. The van der Waals surface area contributed by atoms with Crippen molar-refractivity contribution in [3.05, 3.63) is 33.8 Å². The minimum absolute atomic E-state index is 0.0219. The molecule has 2 nitrogen and oxygen atoms in total. The summed E-state index contributed by atoms with van der Waals surface area (Å²) in [4.78, 5) is 0. The highest BCUT2D eigenvalue weighted by Crippen LogP contribution is 2.25. The smallest absolute Gasteiger partial charge is 0.0595 e. The fourth-order valence-corrected chi connectivity index (χ4v) is 2.74. The number of hydrogen-bond donors (Lipinski definition) is 1. The zero-order valence-electron chi connectivity index (χ0n) is 10.0. The molecule has 1 N–H and O–H groups in total. The molecule has 1 aliphatic rings. The van der Waals surface area contributed by atoms with Crippen LogP contribution in [0.3, 0.4) is 0 Å². The number of halogens is 3. The van der Waals surface area contributed by atoms with E-state index in [1.165, 1.54) is 0 Å². The lowest BCUT2D eigenvalue weighted by Gasteiger charge is -2.36. The van der Waals surface area contributed by atoms with Crippen LogP contribution in [-0.2, 0) is 11.3 Å². The molecule has 0 amide bonds. The Labute approximate surface area is 123 Å². The Balaban J connectivity index is 1.98. The molecule has 100 valence electrons. The van der Waals surface area contributed by atoms with Crippen LogP contribution in [0.5, 0.6) is 0 Å². The van der Waals surface area contributed by atoms with Crippen LogP contribution in [0.2, 0.25) is 10.0 Å². The quantitative estimate of drug-likeness (QED) is 0.853. The molecule has 1 heterocycles. The maximum absolute atomic E-state index is 6.09. The van der Waals surface area contributed by atoms with Crippen molar-refractivity contribution >= 4 is 34.8 Å². The molecule has 0 bridgehead atoms. The SMILES string of the molecule is ClCC1(NCc2ccc(Cl)c(Cl)c2)CCOCC1. The molecule has 1 fully saturated rings. The first kappa shape index (κ1) is 14.4. The van der Waals surface area contributed by atoms with Crippen LogP contribution in [0.15, 0.2) is 18.2 Å². The van der Waals surface area contributed by atoms with E-state index in [1.807, 2.05) is 18.2 Å². The van der Waals surface area contributed by atoms with Crippen LogP contribution < -0.4 is 5.32 Å². The Bertz CT molecular complexity index is 405. The first-order valence-electron chi connectivity index (χ1n) is 5.98. The lowest BCUT2D eigenvalue weighted by atomic mass is 9.92. The third-order valence-corrected chi connectivity index (χ3v) is 4.61. The number of rotatable bonds is 4. The molecule has 0 aliphatic carbocycles. The summed E-state index contributed by atoms with van der Waals surface area (Å²) in [7, 11) is 0. The Morgan fingerprint density at radius 1 is 1.17 bits per heavy atom. The van der Waals surface area contributed by atoms with E-state index < -0.39 is 0 Å². The lowest BCUT2D eigenvalue weighted by Crippen LogP contribution is -2.50. The van der Waals surface area contributed by atoms with Crippen molar-refractivity contribution < 1.29 is 4.74 Å². The summed E-state index contributed by atoms with van der Waals surface area (Å²) in [6, 6.07) is 5.68. The van der Waals surface area contributed by atoms with Crippen molar-refractivity contribution in [2.75, 3.05) is 19.1 Å². The normalized spacial score (nSPS) is 18.8. The number of benzene rings is 1. The van der Waals surface area contributed by atoms with Gasteiger partial charge in [0.2, 0.25) is 0 Å². The molecule has 18 heavy (non-hydrogen) atoms. The molecule has 1 saturated heterocycles. The van der Waals surface area contributed by atoms with E-state index in [0.717, 1.165) is 38.2 Å². The van der Waals surface area contributed by atoms with Crippen molar-refractivity contribution in [1.82, 2.24) is 5.32 Å². The van der Waals surface area contributed by atoms with Crippen LogP contribution in [0.4, 0.5) is 0 Å². The van der Waals surface area contributed by atoms with Gasteiger partial charge in [0.25, 0.3) is 0 Å². The average molecular weight is 309 g/mol. The maximum Gasteiger partial charge on any atom is 0.0595 e. The molecular formula is C13H16Cl3NO. The third-order valence-electron chi connectivity index (χ3n) is 3.36. The summed E-state index contributed by atoms with van der Waals surface area (Å²) < 4.78 is 5.38.